The predicted molar refractivity (Wildman–Crippen MR) is 81.6 cm³/mol. The Labute approximate surface area is 121 Å². The summed E-state index contributed by atoms with van der Waals surface area (Å²) in [7, 11) is 0. The Balaban J connectivity index is 1.52. The highest BCUT2D eigenvalue weighted by atomic mass is 32.2. The van der Waals surface area contributed by atoms with Crippen LogP contribution >= 0.6 is 11.8 Å². The van der Waals surface area contributed by atoms with E-state index in [-0.39, 0.29) is 11.9 Å². The third kappa shape index (κ3) is 5.32. The molecule has 0 aromatic rings. The van der Waals surface area contributed by atoms with E-state index in [1.165, 1.54) is 25.9 Å². The van der Waals surface area contributed by atoms with E-state index in [4.69, 9.17) is 0 Å². The molecule has 4 nitrogen and oxygen atoms in total. The number of nitrogens with one attached hydrogen (secondary N) is 2. The second-order valence-corrected chi connectivity index (χ2v) is 6.90. The molecule has 1 unspecified atom stereocenters. The Morgan fingerprint density at radius 2 is 2.21 bits per heavy atom. The summed E-state index contributed by atoms with van der Waals surface area (Å²) < 4.78 is 0. The van der Waals surface area contributed by atoms with Gasteiger partial charge in [-0.3, -0.25) is 4.79 Å². The summed E-state index contributed by atoms with van der Waals surface area (Å²) in [5.41, 5.74) is 0. The molecule has 0 spiro atoms. The first kappa shape index (κ1) is 15.1. The van der Waals surface area contributed by atoms with Crippen molar-refractivity contribution >= 4 is 17.7 Å². The van der Waals surface area contributed by atoms with Crippen LogP contribution in [0.4, 0.5) is 0 Å². The fourth-order valence-electron chi connectivity index (χ4n) is 2.66. The molecule has 5 heteroatoms. The first-order chi connectivity index (χ1) is 9.25. The van der Waals surface area contributed by atoms with Gasteiger partial charge in [0.1, 0.15) is 0 Å². The molecule has 0 aliphatic carbocycles. The lowest BCUT2D eigenvalue weighted by Crippen LogP contribution is -2.49. The van der Waals surface area contributed by atoms with Crippen molar-refractivity contribution in [1.82, 2.24) is 15.5 Å². The molecule has 0 saturated carbocycles. The van der Waals surface area contributed by atoms with Gasteiger partial charge < -0.3 is 15.5 Å². The third-order valence-electron chi connectivity index (χ3n) is 4.06. The van der Waals surface area contributed by atoms with E-state index in [1.807, 2.05) is 11.8 Å². The molecule has 0 aromatic heterocycles. The third-order valence-corrected chi connectivity index (χ3v) is 5.13. The van der Waals surface area contributed by atoms with Crippen LogP contribution in [0.15, 0.2) is 0 Å². The zero-order valence-electron chi connectivity index (χ0n) is 12.0. The minimum absolute atomic E-state index is 0.0228. The van der Waals surface area contributed by atoms with Gasteiger partial charge in [-0.15, -0.1) is 0 Å². The highest BCUT2D eigenvalue weighted by molar-refractivity contribution is 7.99. The van der Waals surface area contributed by atoms with Crippen molar-refractivity contribution in [2.45, 2.75) is 32.2 Å². The molecule has 2 saturated heterocycles. The van der Waals surface area contributed by atoms with Crippen LogP contribution in [0.2, 0.25) is 0 Å². The van der Waals surface area contributed by atoms with Crippen LogP contribution in [0.3, 0.4) is 0 Å². The summed E-state index contributed by atoms with van der Waals surface area (Å²) in [6.45, 7) is 7.70. The van der Waals surface area contributed by atoms with Crippen molar-refractivity contribution in [3.63, 3.8) is 0 Å². The van der Waals surface area contributed by atoms with Gasteiger partial charge in [-0.1, -0.05) is 6.92 Å². The van der Waals surface area contributed by atoms with Gasteiger partial charge in [0.2, 0.25) is 5.91 Å². The van der Waals surface area contributed by atoms with Crippen LogP contribution in [0.25, 0.3) is 0 Å². The number of thioether (sulfide) groups is 1. The molecular formula is C14H27N3OS. The first-order valence-electron chi connectivity index (χ1n) is 7.57. The molecule has 0 aromatic carbocycles. The summed E-state index contributed by atoms with van der Waals surface area (Å²) in [5.74, 6) is 3.11. The van der Waals surface area contributed by atoms with Crippen molar-refractivity contribution in [3.05, 3.63) is 0 Å². The molecule has 0 bridgehead atoms. The molecule has 19 heavy (non-hydrogen) atoms. The van der Waals surface area contributed by atoms with E-state index in [0.717, 1.165) is 43.5 Å². The number of likely N-dealkylation sites (tertiary alicyclic amines) is 1. The van der Waals surface area contributed by atoms with E-state index >= 15 is 0 Å². The average Bonchev–Trinajstić information content (AvgIpc) is 2.46. The smallest absolute Gasteiger partial charge is 0.237 e. The van der Waals surface area contributed by atoms with Gasteiger partial charge in [-0.25, -0.2) is 0 Å². The van der Waals surface area contributed by atoms with Gasteiger partial charge in [0.05, 0.1) is 6.04 Å². The quantitative estimate of drug-likeness (QED) is 0.738. The van der Waals surface area contributed by atoms with E-state index < -0.39 is 0 Å². The summed E-state index contributed by atoms with van der Waals surface area (Å²) >= 11 is 1.86. The largest absolute Gasteiger partial charge is 0.355 e. The Hall–Kier alpha value is -0.260. The molecule has 2 rings (SSSR count). The Morgan fingerprint density at radius 1 is 1.42 bits per heavy atom. The van der Waals surface area contributed by atoms with E-state index in [0.29, 0.717) is 0 Å². The predicted octanol–water partition coefficient (Wildman–Crippen LogP) is 0.930. The first-order valence-corrected chi connectivity index (χ1v) is 8.72. The molecule has 1 atom stereocenters. The lowest BCUT2D eigenvalue weighted by atomic mass is 9.99. The van der Waals surface area contributed by atoms with Crippen molar-refractivity contribution < 1.29 is 4.79 Å². The number of nitrogens with zero attached hydrogens (tertiary/aromatic N) is 1. The summed E-state index contributed by atoms with van der Waals surface area (Å²) in [6.07, 6.45) is 3.73. The van der Waals surface area contributed by atoms with Crippen LogP contribution in [0, 0.1) is 5.92 Å². The van der Waals surface area contributed by atoms with Gasteiger partial charge in [0, 0.05) is 24.6 Å². The zero-order valence-corrected chi connectivity index (χ0v) is 12.8. The molecule has 2 aliphatic heterocycles. The van der Waals surface area contributed by atoms with Gasteiger partial charge >= 0.3 is 0 Å². The number of carbonyl (C=O) groups excluding carboxylic acids is 1. The van der Waals surface area contributed by atoms with Gasteiger partial charge in [-0.2, -0.15) is 11.8 Å². The lowest BCUT2D eigenvalue weighted by Gasteiger charge is -2.30. The molecule has 2 N–H and O–H groups in total. The number of hydrogen-bond donors (Lipinski definition) is 2. The van der Waals surface area contributed by atoms with E-state index in [2.05, 4.69) is 22.5 Å². The van der Waals surface area contributed by atoms with Crippen LogP contribution in [0.5, 0.6) is 0 Å². The van der Waals surface area contributed by atoms with Crippen LogP contribution in [-0.2, 0) is 4.79 Å². The SMILES string of the molecule is CC1CCN(CCCNC(=O)C2CSCCN2)CC1. The monoisotopic (exact) mass is 285 g/mol. The molecule has 2 heterocycles. The standard InChI is InChI=1S/C14H27N3OS/c1-12-3-8-17(9-4-12)7-2-5-16-14(18)13-11-19-10-6-15-13/h12-13,15H,2-11H2,1H3,(H,16,18). The van der Waals surface area contributed by atoms with E-state index in [1.54, 1.807) is 0 Å². The summed E-state index contributed by atoms with van der Waals surface area (Å²) in [4.78, 5) is 14.4. The highest BCUT2D eigenvalue weighted by Crippen LogP contribution is 2.15. The van der Waals surface area contributed by atoms with Crippen molar-refractivity contribution in [2.75, 3.05) is 44.2 Å². The van der Waals surface area contributed by atoms with Crippen molar-refractivity contribution in [3.8, 4) is 0 Å². The molecule has 2 aliphatic rings. The maximum Gasteiger partial charge on any atom is 0.237 e. The topological polar surface area (TPSA) is 44.4 Å². The minimum Gasteiger partial charge on any atom is -0.355 e. The fourth-order valence-corrected chi connectivity index (χ4v) is 3.59. The van der Waals surface area contributed by atoms with Gasteiger partial charge in [0.15, 0.2) is 0 Å². The number of hydrogen-bond acceptors (Lipinski definition) is 4. The fraction of sp³-hybridized carbons (Fsp3) is 0.929. The van der Waals surface area contributed by atoms with Crippen molar-refractivity contribution in [2.24, 2.45) is 5.92 Å². The van der Waals surface area contributed by atoms with Crippen LogP contribution in [0.1, 0.15) is 26.2 Å². The second kappa shape index (κ2) is 8.12. The normalized spacial score (nSPS) is 26.3. The number of piperidine rings is 1. The highest BCUT2D eigenvalue weighted by Gasteiger charge is 2.20. The summed E-state index contributed by atoms with van der Waals surface area (Å²) in [5, 5.41) is 6.33. The zero-order chi connectivity index (χ0) is 13.5. The van der Waals surface area contributed by atoms with E-state index in [9.17, 15) is 4.79 Å². The minimum atomic E-state index is 0.0228. The average molecular weight is 285 g/mol. The lowest BCUT2D eigenvalue weighted by molar-refractivity contribution is -0.122. The van der Waals surface area contributed by atoms with Crippen LogP contribution in [-0.4, -0.2) is 61.1 Å². The Bertz CT molecular complexity index is 274. The maximum atomic E-state index is 11.9. The Morgan fingerprint density at radius 3 is 2.89 bits per heavy atom. The molecule has 2 fully saturated rings. The maximum absolute atomic E-state index is 11.9. The van der Waals surface area contributed by atoms with Gasteiger partial charge in [0.25, 0.3) is 0 Å². The Kier molecular flexibility index (Phi) is 6.47. The number of amides is 1. The van der Waals surface area contributed by atoms with Gasteiger partial charge in [-0.05, 0) is 44.8 Å². The van der Waals surface area contributed by atoms with Crippen LogP contribution < -0.4 is 10.6 Å². The number of rotatable bonds is 5. The number of carbonyl (C=O) groups is 1. The summed E-state index contributed by atoms with van der Waals surface area (Å²) in [6, 6.07) is 0.0228. The molecule has 0 radical (unpaired) electrons. The molecule has 110 valence electrons. The second-order valence-electron chi connectivity index (χ2n) is 5.75. The van der Waals surface area contributed by atoms with Crippen molar-refractivity contribution in [1.29, 1.82) is 0 Å². The molecular weight excluding hydrogens is 258 g/mol. The molecule has 1 amide bonds.